The molecule has 0 saturated heterocycles. The lowest BCUT2D eigenvalue weighted by Gasteiger charge is -2.23. The topological polar surface area (TPSA) is 50.4 Å². The third-order valence-electron chi connectivity index (χ3n) is 3.43. The van der Waals surface area contributed by atoms with Crippen molar-refractivity contribution in [1.29, 1.82) is 0 Å². The van der Waals surface area contributed by atoms with Crippen LogP contribution in [0.25, 0.3) is 0 Å². The molecule has 0 radical (unpaired) electrons. The molecular formula is C14H24IN3S. The van der Waals surface area contributed by atoms with Gasteiger partial charge < -0.3 is 11.1 Å². The van der Waals surface area contributed by atoms with E-state index in [0.29, 0.717) is 18.5 Å². The average molecular weight is 393 g/mol. The number of hydrogen-bond acceptors (Lipinski definition) is 2. The van der Waals surface area contributed by atoms with Crippen molar-refractivity contribution in [2.45, 2.75) is 58.0 Å². The number of aliphatic imine (C=N–C) groups is 1. The Balaban J connectivity index is 0.00000180. The van der Waals surface area contributed by atoms with E-state index in [-0.39, 0.29) is 24.0 Å². The molecule has 108 valence electrons. The van der Waals surface area contributed by atoms with Gasteiger partial charge in [-0.3, -0.25) is 0 Å². The van der Waals surface area contributed by atoms with E-state index in [1.54, 1.807) is 0 Å². The highest BCUT2D eigenvalue weighted by atomic mass is 127. The van der Waals surface area contributed by atoms with E-state index in [1.807, 2.05) is 11.3 Å². The number of aryl methyl sites for hydroxylation is 1. The Labute approximate surface area is 137 Å². The van der Waals surface area contributed by atoms with Crippen molar-refractivity contribution in [1.82, 2.24) is 5.32 Å². The fourth-order valence-corrected chi connectivity index (χ4v) is 3.24. The minimum atomic E-state index is 0. The molecule has 19 heavy (non-hydrogen) atoms. The first-order valence-corrected chi connectivity index (χ1v) is 7.73. The number of nitrogens with zero attached hydrogens (tertiary/aromatic N) is 1. The second-order valence-electron chi connectivity index (χ2n) is 4.90. The number of nitrogens with two attached hydrogens (primary N) is 1. The van der Waals surface area contributed by atoms with Crippen molar-refractivity contribution < 1.29 is 0 Å². The maximum absolute atomic E-state index is 5.94. The quantitative estimate of drug-likeness (QED) is 0.466. The summed E-state index contributed by atoms with van der Waals surface area (Å²) in [6.07, 6.45) is 7.56. The smallest absolute Gasteiger partial charge is 0.189 e. The molecule has 1 aliphatic rings. The standard InChI is InChI=1S/C14H23N3S.HI/c1-2-12-8-9-13(18-12)10-16-14(15)17-11-6-4-3-5-7-11;/h8-9,11H,2-7,10H2,1H3,(H3,15,16,17);1H. The largest absolute Gasteiger partial charge is 0.370 e. The third kappa shape index (κ3) is 5.69. The van der Waals surface area contributed by atoms with Crippen LogP contribution in [-0.4, -0.2) is 12.0 Å². The van der Waals surface area contributed by atoms with Crippen molar-refractivity contribution >= 4 is 41.3 Å². The maximum Gasteiger partial charge on any atom is 0.189 e. The van der Waals surface area contributed by atoms with Gasteiger partial charge in [0.15, 0.2) is 5.96 Å². The normalized spacial score (nSPS) is 17.0. The van der Waals surface area contributed by atoms with Crippen LogP contribution >= 0.6 is 35.3 Å². The summed E-state index contributed by atoms with van der Waals surface area (Å²) in [5, 5.41) is 3.34. The number of guanidine groups is 1. The summed E-state index contributed by atoms with van der Waals surface area (Å²) in [6, 6.07) is 4.87. The molecule has 1 fully saturated rings. The molecule has 0 aromatic carbocycles. The number of halogens is 1. The first-order chi connectivity index (χ1) is 8.78. The summed E-state index contributed by atoms with van der Waals surface area (Å²) in [5.74, 6) is 0.605. The van der Waals surface area contributed by atoms with Gasteiger partial charge in [-0.05, 0) is 31.4 Å². The lowest BCUT2D eigenvalue weighted by molar-refractivity contribution is 0.412. The molecule has 1 heterocycles. The zero-order valence-electron chi connectivity index (χ0n) is 11.5. The van der Waals surface area contributed by atoms with Gasteiger partial charge in [0.05, 0.1) is 6.54 Å². The molecule has 3 nitrogen and oxygen atoms in total. The molecule has 1 aromatic rings. The molecular weight excluding hydrogens is 369 g/mol. The minimum absolute atomic E-state index is 0. The Morgan fingerprint density at radius 3 is 2.63 bits per heavy atom. The number of hydrogen-bond donors (Lipinski definition) is 2. The predicted octanol–water partition coefficient (Wildman–Crippen LogP) is 3.67. The number of rotatable bonds is 4. The van der Waals surface area contributed by atoms with Crippen molar-refractivity contribution in [2.24, 2.45) is 10.7 Å². The molecule has 1 saturated carbocycles. The van der Waals surface area contributed by atoms with Crippen molar-refractivity contribution in [2.75, 3.05) is 0 Å². The molecule has 1 aromatic heterocycles. The second kappa shape index (κ2) is 8.79. The van der Waals surface area contributed by atoms with Gasteiger partial charge in [0, 0.05) is 15.8 Å². The van der Waals surface area contributed by atoms with E-state index in [9.17, 15) is 0 Å². The molecule has 2 rings (SSSR count). The Morgan fingerprint density at radius 1 is 1.32 bits per heavy atom. The second-order valence-corrected chi connectivity index (χ2v) is 6.16. The zero-order chi connectivity index (χ0) is 12.8. The monoisotopic (exact) mass is 393 g/mol. The molecule has 0 atom stereocenters. The van der Waals surface area contributed by atoms with Gasteiger partial charge in [-0.15, -0.1) is 35.3 Å². The van der Waals surface area contributed by atoms with Crippen LogP contribution in [0.3, 0.4) is 0 Å². The lowest BCUT2D eigenvalue weighted by Crippen LogP contribution is -2.41. The molecule has 5 heteroatoms. The van der Waals surface area contributed by atoms with E-state index < -0.39 is 0 Å². The molecule has 0 unspecified atom stereocenters. The van der Waals surface area contributed by atoms with E-state index in [0.717, 1.165) is 6.42 Å². The van der Waals surface area contributed by atoms with E-state index in [2.05, 4.69) is 29.4 Å². The van der Waals surface area contributed by atoms with Crippen LogP contribution in [0.4, 0.5) is 0 Å². The average Bonchev–Trinajstić information content (AvgIpc) is 2.85. The summed E-state index contributed by atoms with van der Waals surface area (Å²) in [7, 11) is 0. The van der Waals surface area contributed by atoms with Crippen LogP contribution in [0.5, 0.6) is 0 Å². The number of nitrogens with one attached hydrogen (secondary N) is 1. The van der Waals surface area contributed by atoms with Gasteiger partial charge in [0.2, 0.25) is 0 Å². The Kier molecular flexibility index (Phi) is 7.75. The number of thiophene rings is 1. The SMILES string of the molecule is CCc1ccc(CN=C(N)NC2CCCCC2)s1.I. The fourth-order valence-electron chi connectivity index (χ4n) is 2.36. The summed E-state index contributed by atoms with van der Waals surface area (Å²) >= 11 is 1.83. The molecule has 0 bridgehead atoms. The van der Waals surface area contributed by atoms with E-state index in [4.69, 9.17) is 5.73 Å². The van der Waals surface area contributed by atoms with Gasteiger partial charge in [-0.1, -0.05) is 26.2 Å². The predicted molar refractivity (Wildman–Crippen MR) is 94.4 cm³/mol. The highest BCUT2D eigenvalue weighted by molar-refractivity contribution is 14.0. The van der Waals surface area contributed by atoms with Gasteiger partial charge in [-0.25, -0.2) is 4.99 Å². The van der Waals surface area contributed by atoms with Gasteiger partial charge in [-0.2, -0.15) is 0 Å². The fraction of sp³-hybridized carbons (Fsp3) is 0.643. The summed E-state index contributed by atoms with van der Waals surface area (Å²) in [4.78, 5) is 7.14. The van der Waals surface area contributed by atoms with Crippen molar-refractivity contribution in [3.05, 3.63) is 21.9 Å². The van der Waals surface area contributed by atoms with E-state index >= 15 is 0 Å². The zero-order valence-corrected chi connectivity index (χ0v) is 14.7. The first-order valence-electron chi connectivity index (χ1n) is 6.92. The summed E-state index contributed by atoms with van der Waals surface area (Å²) in [5.41, 5.74) is 5.94. The molecule has 1 aliphatic carbocycles. The lowest BCUT2D eigenvalue weighted by atomic mass is 9.96. The third-order valence-corrected chi connectivity index (χ3v) is 4.64. The van der Waals surface area contributed by atoms with Crippen LogP contribution in [0.1, 0.15) is 48.8 Å². The summed E-state index contributed by atoms with van der Waals surface area (Å²) < 4.78 is 0. The molecule has 0 aliphatic heterocycles. The molecule has 0 amide bonds. The summed E-state index contributed by atoms with van der Waals surface area (Å²) in [6.45, 7) is 2.88. The van der Waals surface area contributed by atoms with Crippen LogP contribution in [0, 0.1) is 0 Å². The Bertz CT molecular complexity index is 397. The van der Waals surface area contributed by atoms with Gasteiger partial charge >= 0.3 is 0 Å². The van der Waals surface area contributed by atoms with Crippen molar-refractivity contribution in [3.63, 3.8) is 0 Å². The molecule has 3 N–H and O–H groups in total. The highest BCUT2D eigenvalue weighted by Gasteiger charge is 2.13. The maximum atomic E-state index is 5.94. The molecule has 0 spiro atoms. The van der Waals surface area contributed by atoms with E-state index in [1.165, 1.54) is 41.9 Å². The van der Waals surface area contributed by atoms with Crippen LogP contribution in [0.15, 0.2) is 17.1 Å². The Hall–Kier alpha value is -0.300. The van der Waals surface area contributed by atoms with Crippen LogP contribution in [0.2, 0.25) is 0 Å². The minimum Gasteiger partial charge on any atom is -0.370 e. The van der Waals surface area contributed by atoms with Crippen LogP contribution in [-0.2, 0) is 13.0 Å². The van der Waals surface area contributed by atoms with Crippen molar-refractivity contribution in [3.8, 4) is 0 Å². The highest BCUT2D eigenvalue weighted by Crippen LogP contribution is 2.18. The van der Waals surface area contributed by atoms with Gasteiger partial charge in [0.1, 0.15) is 0 Å². The van der Waals surface area contributed by atoms with Crippen LogP contribution < -0.4 is 11.1 Å². The van der Waals surface area contributed by atoms with Gasteiger partial charge in [0.25, 0.3) is 0 Å². The first kappa shape index (κ1) is 16.8. The Morgan fingerprint density at radius 2 is 2.00 bits per heavy atom.